The average molecular weight is 188 g/mol. The summed E-state index contributed by atoms with van der Waals surface area (Å²) in [5.41, 5.74) is 0.604. The topological polar surface area (TPSA) is 57.5 Å². The van der Waals surface area contributed by atoms with Crippen molar-refractivity contribution in [1.82, 2.24) is 0 Å². The third-order valence-electron chi connectivity index (χ3n) is 1.85. The molecule has 4 heteroatoms. The van der Waals surface area contributed by atoms with Crippen LogP contribution in [0.1, 0.15) is 13.3 Å². The van der Waals surface area contributed by atoms with Gasteiger partial charge in [-0.1, -0.05) is 0 Å². The molecule has 0 aromatic rings. The van der Waals surface area contributed by atoms with Crippen molar-refractivity contribution in [2.24, 2.45) is 0 Å². The van der Waals surface area contributed by atoms with Gasteiger partial charge in [-0.25, -0.2) is 0 Å². The van der Waals surface area contributed by atoms with Crippen LogP contribution in [0.25, 0.3) is 0 Å². The number of hydrogen-bond donors (Lipinski definition) is 2. The van der Waals surface area contributed by atoms with Crippen molar-refractivity contribution in [2.75, 3.05) is 12.4 Å². The van der Waals surface area contributed by atoms with Crippen molar-refractivity contribution in [2.45, 2.75) is 19.4 Å². The number of hydrogen-bond acceptors (Lipinski definition) is 4. The lowest BCUT2D eigenvalue weighted by Gasteiger charge is -2.19. The van der Waals surface area contributed by atoms with Crippen molar-refractivity contribution in [3.8, 4) is 0 Å². The summed E-state index contributed by atoms with van der Waals surface area (Å²) < 4.78 is 0. The highest BCUT2D eigenvalue weighted by atomic mass is 32.2. The van der Waals surface area contributed by atoms with Crippen LogP contribution in [0, 0.1) is 0 Å². The molecular weight excluding hydrogens is 176 g/mol. The van der Waals surface area contributed by atoms with Crippen LogP contribution in [0.2, 0.25) is 0 Å². The Bertz CT molecular complexity index is 222. The lowest BCUT2D eigenvalue weighted by Crippen LogP contribution is -2.20. The molecule has 0 aromatic heterocycles. The highest BCUT2D eigenvalue weighted by Gasteiger charge is 2.21. The van der Waals surface area contributed by atoms with Crippen LogP contribution in [-0.4, -0.2) is 34.5 Å². The van der Waals surface area contributed by atoms with Crippen LogP contribution in [0.5, 0.6) is 0 Å². The summed E-state index contributed by atoms with van der Waals surface area (Å²) in [5.74, 6) is 0.791. The summed E-state index contributed by atoms with van der Waals surface area (Å²) >= 11 is 1.46. The first-order chi connectivity index (χ1) is 5.66. The molecule has 2 N–H and O–H groups in total. The molecule has 68 valence electrons. The number of carbonyl (C=O) groups is 1. The van der Waals surface area contributed by atoms with E-state index in [1.165, 1.54) is 11.8 Å². The number of allylic oxidation sites excluding steroid dienone is 1. The molecule has 1 rings (SSSR count). The summed E-state index contributed by atoms with van der Waals surface area (Å²) in [4.78, 5) is 11.8. The van der Waals surface area contributed by atoms with E-state index < -0.39 is 6.10 Å². The van der Waals surface area contributed by atoms with Gasteiger partial charge in [0.05, 0.1) is 6.61 Å². The van der Waals surface area contributed by atoms with Crippen molar-refractivity contribution in [3.63, 3.8) is 0 Å². The minimum Gasteiger partial charge on any atom is -0.393 e. The van der Waals surface area contributed by atoms with E-state index in [-0.39, 0.29) is 12.4 Å². The summed E-state index contributed by atoms with van der Waals surface area (Å²) in [5, 5.41) is 18.0. The zero-order chi connectivity index (χ0) is 9.14. The molecule has 1 aliphatic rings. The molecule has 1 unspecified atom stereocenters. The van der Waals surface area contributed by atoms with Gasteiger partial charge in [0.15, 0.2) is 5.78 Å². The molecule has 0 radical (unpaired) electrons. The Morgan fingerprint density at radius 1 is 1.67 bits per heavy atom. The van der Waals surface area contributed by atoms with Gasteiger partial charge in [-0.3, -0.25) is 4.79 Å². The van der Waals surface area contributed by atoms with Gasteiger partial charge in [0, 0.05) is 22.7 Å². The Morgan fingerprint density at radius 2 is 2.33 bits per heavy atom. The Labute approximate surface area is 75.5 Å². The molecule has 0 fully saturated rings. The quantitative estimate of drug-likeness (QED) is 0.655. The summed E-state index contributed by atoms with van der Waals surface area (Å²) in [6.07, 6.45) is -0.336. The van der Waals surface area contributed by atoms with Crippen molar-refractivity contribution >= 4 is 17.5 Å². The Kier molecular flexibility index (Phi) is 3.31. The van der Waals surface area contributed by atoms with E-state index in [2.05, 4.69) is 0 Å². The van der Waals surface area contributed by atoms with Crippen LogP contribution >= 0.6 is 11.8 Å². The third-order valence-corrected chi connectivity index (χ3v) is 3.15. The van der Waals surface area contributed by atoms with E-state index in [4.69, 9.17) is 5.11 Å². The van der Waals surface area contributed by atoms with E-state index in [1.807, 2.05) is 0 Å². The number of ketones is 1. The molecule has 3 nitrogen and oxygen atoms in total. The minimum atomic E-state index is -0.876. The smallest absolute Gasteiger partial charge is 0.160 e. The van der Waals surface area contributed by atoms with Gasteiger partial charge < -0.3 is 10.2 Å². The molecule has 12 heavy (non-hydrogen) atoms. The number of carbonyl (C=O) groups excluding carboxylic acids is 1. The summed E-state index contributed by atoms with van der Waals surface area (Å²) in [7, 11) is 0. The minimum absolute atomic E-state index is 0.0799. The monoisotopic (exact) mass is 188 g/mol. The summed E-state index contributed by atoms with van der Waals surface area (Å²) in [6, 6.07) is 0. The molecule has 0 saturated carbocycles. The number of Topliss-reactive ketones (excluding diaryl/α,β-unsaturated/α-hetero) is 1. The fraction of sp³-hybridized carbons (Fsp3) is 0.625. The highest BCUT2D eigenvalue weighted by molar-refractivity contribution is 8.03. The maximum absolute atomic E-state index is 11.2. The molecule has 0 bridgehead atoms. The molecule has 0 aromatic carbocycles. The van der Waals surface area contributed by atoms with Gasteiger partial charge >= 0.3 is 0 Å². The van der Waals surface area contributed by atoms with E-state index >= 15 is 0 Å². The van der Waals surface area contributed by atoms with Crippen LogP contribution in [0.3, 0.4) is 0 Å². The molecule has 1 aliphatic heterocycles. The Balaban J connectivity index is 2.85. The zero-order valence-electron chi connectivity index (χ0n) is 6.91. The van der Waals surface area contributed by atoms with Crippen LogP contribution in [0.15, 0.2) is 10.5 Å². The van der Waals surface area contributed by atoms with Gasteiger partial charge in [0.1, 0.15) is 6.10 Å². The fourth-order valence-corrected chi connectivity index (χ4v) is 2.22. The molecule has 0 spiro atoms. The number of thioether (sulfide) groups is 1. The van der Waals surface area contributed by atoms with Gasteiger partial charge in [-0.05, 0) is 6.92 Å². The first-order valence-electron chi connectivity index (χ1n) is 3.82. The molecule has 0 saturated heterocycles. The molecular formula is C8H12O3S. The van der Waals surface area contributed by atoms with Gasteiger partial charge in [-0.2, -0.15) is 0 Å². The van der Waals surface area contributed by atoms with Crippen LogP contribution < -0.4 is 0 Å². The normalized spacial score (nSPS) is 21.4. The zero-order valence-corrected chi connectivity index (χ0v) is 7.73. The SMILES string of the molecule is CC1=C(C(O)CO)SCCC1=O. The van der Waals surface area contributed by atoms with Crippen molar-refractivity contribution < 1.29 is 15.0 Å². The maximum Gasteiger partial charge on any atom is 0.160 e. The van der Waals surface area contributed by atoms with Crippen LogP contribution in [0.4, 0.5) is 0 Å². The third kappa shape index (κ3) is 1.88. The van der Waals surface area contributed by atoms with Crippen molar-refractivity contribution in [3.05, 3.63) is 10.5 Å². The second-order valence-corrected chi connectivity index (χ2v) is 3.85. The van der Waals surface area contributed by atoms with E-state index in [0.29, 0.717) is 22.7 Å². The first-order valence-corrected chi connectivity index (χ1v) is 4.81. The Hall–Kier alpha value is -0.320. The van der Waals surface area contributed by atoms with Gasteiger partial charge in [0.25, 0.3) is 0 Å². The Morgan fingerprint density at radius 3 is 2.92 bits per heavy atom. The fourth-order valence-electron chi connectivity index (χ4n) is 1.12. The molecule has 0 aliphatic carbocycles. The van der Waals surface area contributed by atoms with Crippen LogP contribution in [-0.2, 0) is 4.79 Å². The average Bonchev–Trinajstić information content (AvgIpc) is 2.08. The number of aliphatic hydroxyl groups excluding tert-OH is 2. The largest absolute Gasteiger partial charge is 0.393 e. The van der Waals surface area contributed by atoms with Gasteiger partial charge in [-0.15, -0.1) is 11.8 Å². The lowest BCUT2D eigenvalue weighted by atomic mass is 10.1. The molecule has 1 heterocycles. The van der Waals surface area contributed by atoms with E-state index in [1.54, 1.807) is 6.92 Å². The van der Waals surface area contributed by atoms with E-state index in [9.17, 15) is 9.90 Å². The van der Waals surface area contributed by atoms with Crippen molar-refractivity contribution in [1.29, 1.82) is 0 Å². The maximum atomic E-state index is 11.2. The standard InChI is InChI=1S/C8H12O3S/c1-5-6(10)2-3-12-8(5)7(11)4-9/h7,9,11H,2-4H2,1H3. The molecule has 0 amide bonds. The second-order valence-electron chi connectivity index (χ2n) is 2.71. The van der Waals surface area contributed by atoms with Gasteiger partial charge in [0.2, 0.25) is 0 Å². The molecule has 1 atom stereocenters. The predicted molar refractivity (Wildman–Crippen MR) is 47.9 cm³/mol. The number of aliphatic hydroxyl groups is 2. The highest BCUT2D eigenvalue weighted by Crippen LogP contribution is 2.29. The lowest BCUT2D eigenvalue weighted by molar-refractivity contribution is -0.115. The van der Waals surface area contributed by atoms with E-state index in [0.717, 1.165) is 0 Å². The predicted octanol–water partition coefficient (Wildman–Crippen LogP) is 0.320. The second kappa shape index (κ2) is 4.07. The summed E-state index contributed by atoms with van der Waals surface area (Å²) in [6.45, 7) is 1.38. The first kappa shape index (κ1) is 9.77. The number of rotatable bonds is 2.